The number of nitrogens with two attached hydrogens (primary N) is 1. The first-order valence-corrected chi connectivity index (χ1v) is 11.1. The Bertz CT molecular complexity index is 1010. The number of amides is 1. The Labute approximate surface area is 185 Å². The third-order valence-electron chi connectivity index (χ3n) is 6.91. The van der Waals surface area contributed by atoms with Crippen molar-refractivity contribution >= 4 is 29.3 Å². The highest BCUT2D eigenvalue weighted by molar-refractivity contribution is 6.07. The minimum absolute atomic E-state index is 0.128. The van der Waals surface area contributed by atoms with E-state index in [2.05, 4.69) is 25.2 Å². The summed E-state index contributed by atoms with van der Waals surface area (Å²) < 4.78 is 26.9. The lowest BCUT2D eigenvalue weighted by molar-refractivity contribution is -0.0221. The number of rotatable bonds is 4. The van der Waals surface area contributed by atoms with Gasteiger partial charge in [-0.15, -0.1) is 0 Å². The number of pyridine rings is 1. The van der Waals surface area contributed by atoms with Crippen LogP contribution in [0.15, 0.2) is 24.4 Å². The molecular formula is C22H27F2N7O. The molecule has 0 aromatic carbocycles. The van der Waals surface area contributed by atoms with Crippen LogP contribution in [0.4, 0.5) is 32.2 Å². The molecule has 2 aromatic heterocycles. The lowest BCUT2D eigenvalue weighted by Gasteiger charge is -2.34. The second-order valence-corrected chi connectivity index (χ2v) is 9.13. The molecule has 1 spiro atoms. The summed E-state index contributed by atoms with van der Waals surface area (Å²) in [5, 5.41) is 2.74. The quantitative estimate of drug-likeness (QED) is 0.748. The number of halogens is 2. The monoisotopic (exact) mass is 443 g/mol. The Morgan fingerprint density at radius 3 is 2.31 bits per heavy atom. The molecule has 10 heteroatoms. The highest BCUT2D eigenvalue weighted by Gasteiger charge is 2.45. The first kappa shape index (κ1) is 20.8. The molecule has 0 unspecified atom stereocenters. The molecule has 3 N–H and O–H groups in total. The van der Waals surface area contributed by atoms with Gasteiger partial charge in [-0.3, -0.25) is 10.1 Å². The predicted molar refractivity (Wildman–Crippen MR) is 118 cm³/mol. The van der Waals surface area contributed by atoms with E-state index >= 15 is 0 Å². The van der Waals surface area contributed by atoms with Crippen LogP contribution >= 0.6 is 0 Å². The lowest BCUT2D eigenvalue weighted by atomic mass is 9.93. The van der Waals surface area contributed by atoms with Crippen LogP contribution in [0.3, 0.4) is 0 Å². The number of nitrogens with one attached hydrogen (secondary N) is 1. The SMILES string of the molecule is Nc1ccc(C(=O)Nc2nccc(N3CCC(F)(F)CC3)n2)c(N2CCC3(CC2)CC3)n1. The number of aromatic nitrogens is 3. The highest BCUT2D eigenvalue weighted by atomic mass is 19.3. The Morgan fingerprint density at radius 1 is 0.938 bits per heavy atom. The molecule has 8 nitrogen and oxygen atoms in total. The van der Waals surface area contributed by atoms with E-state index in [1.54, 1.807) is 23.1 Å². The zero-order valence-corrected chi connectivity index (χ0v) is 17.9. The van der Waals surface area contributed by atoms with Crippen molar-refractivity contribution in [2.75, 3.05) is 47.0 Å². The summed E-state index contributed by atoms with van der Waals surface area (Å²) in [4.78, 5) is 30.0. The molecule has 1 saturated carbocycles. The zero-order chi connectivity index (χ0) is 22.3. The summed E-state index contributed by atoms with van der Waals surface area (Å²) >= 11 is 0. The van der Waals surface area contributed by atoms with Crippen LogP contribution in [0.2, 0.25) is 0 Å². The second kappa shape index (κ2) is 7.83. The van der Waals surface area contributed by atoms with Gasteiger partial charge in [0.05, 0.1) is 5.56 Å². The minimum Gasteiger partial charge on any atom is -0.384 e. The van der Waals surface area contributed by atoms with Crippen molar-refractivity contribution in [1.29, 1.82) is 0 Å². The Hall–Kier alpha value is -3.04. The van der Waals surface area contributed by atoms with Crippen molar-refractivity contribution in [1.82, 2.24) is 15.0 Å². The Kier molecular flexibility index (Phi) is 5.10. The Balaban J connectivity index is 1.31. The van der Waals surface area contributed by atoms with E-state index in [1.165, 1.54) is 19.0 Å². The number of carbonyl (C=O) groups is 1. The predicted octanol–water partition coefficient (Wildman–Crippen LogP) is 3.32. The summed E-state index contributed by atoms with van der Waals surface area (Å²) in [6, 6.07) is 4.94. The van der Waals surface area contributed by atoms with Crippen molar-refractivity contribution in [2.45, 2.75) is 44.4 Å². The molecule has 0 bridgehead atoms. The van der Waals surface area contributed by atoms with Gasteiger partial charge in [-0.1, -0.05) is 0 Å². The van der Waals surface area contributed by atoms with Crippen molar-refractivity contribution in [3.05, 3.63) is 30.0 Å². The fourth-order valence-corrected chi connectivity index (χ4v) is 4.57. The third kappa shape index (κ3) is 4.31. The van der Waals surface area contributed by atoms with Crippen molar-refractivity contribution in [2.24, 2.45) is 5.41 Å². The molecule has 0 atom stereocenters. The van der Waals surface area contributed by atoms with Crippen LogP contribution in [-0.2, 0) is 0 Å². The van der Waals surface area contributed by atoms with E-state index in [0.29, 0.717) is 28.4 Å². The van der Waals surface area contributed by atoms with Crippen LogP contribution < -0.4 is 20.9 Å². The minimum atomic E-state index is -2.63. The van der Waals surface area contributed by atoms with Gasteiger partial charge in [0, 0.05) is 45.2 Å². The molecule has 2 aromatic rings. The van der Waals surface area contributed by atoms with Gasteiger partial charge in [0.2, 0.25) is 5.95 Å². The maximum atomic E-state index is 13.5. The Morgan fingerprint density at radius 2 is 1.62 bits per heavy atom. The van der Waals surface area contributed by atoms with E-state index in [4.69, 9.17) is 5.73 Å². The molecule has 2 aliphatic heterocycles. The van der Waals surface area contributed by atoms with E-state index in [1.807, 2.05) is 0 Å². The zero-order valence-electron chi connectivity index (χ0n) is 17.9. The van der Waals surface area contributed by atoms with Gasteiger partial charge in [0.25, 0.3) is 11.8 Å². The summed E-state index contributed by atoms with van der Waals surface area (Å²) in [5.74, 6) is -1.42. The normalized spacial score (nSPS) is 21.4. The number of nitrogens with zero attached hydrogens (tertiary/aromatic N) is 5. The average molecular weight is 444 g/mol. The average Bonchev–Trinajstić information content (AvgIpc) is 3.53. The van der Waals surface area contributed by atoms with Crippen molar-refractivity contribution in [3.8, 4) is 0 Å². The standard InChI is InChI=1S/C22H27F2N7O/c23-22(24)8-13-30(14-9-22)17-3-10-26-20(28-17)29-19(32)15-1-2-16(25)27-18(15)31-11-6-21(4-5-21)7-12-31/h1-3,10H,4-9,11-14H2,(H2,25,27)(H,26,28,29,32). The van der Waals surface area contributed by atoms with Gasteiger partial charge in [-0.25, -0.2) is 18.7 Å². The number of piperidine rings is 2. The van der Waals surface area contributed by atoms with E-state index < -0.39 is 5.92 Å². The smallest absolute Gasteiger partial charge is 0.261 e. The molecule has 1 aliphatic carbocycles. The molecule has 32 heavy (non-hydrogen) atoms. The number of nitrogen functional groups attached to an aromatic ring is 1. The van der Waals surface area contributed by atoms with Crippen molar-refractivity contribution < 1.29 is 13.6 Å². The fraction of sp³-hybridized carbons (Fsp3) is 0.545. The molecule has 5 rings (SSSR count). The number of alkyl halides is 2. The molecule has 1 amide bonds. The second-order valence-electron chi connectivity index (χ2n) is 9.13. The molecule has 0 radical (unpaired) electrons. The largest absolute Gasteiger partial charge is 0.384 e. The third-order valence-corrected chi connectivity index (χ3v) is 6.91. The lowest BCUT2D eigenvalue weighted by Crippen LogP contribution is -2.39. The molecular weight excluding hydrogens is 416 g/mol. The van der Waals surface area contributed by atoms with Gasteiger partial charge in [0.15, 0.2) is 0 Å². The number of hydrogen-bond donors (Lipinski definition) is 2. The molecule has 3 fully saturated rings. The van der Waals surface area contributed by atoms with Crippen LogP contribution in [0, 0.1) is 5.41 Å². The van der Waals surface area contributed by atoms with Gasteiger partial charge in [-0.05, 0) is 49.3 Å². The van der Waals surface area contributed by atoms with E-state index in [0.717, 1.165) is 25.9 Å². The topological polar surface area (TPSA) is 100 Å². The van der Waals surface area contributed by atoms with Gasteiger partial charge in [0.1, 0.15) is 17.5 Å². The van der Waals surface area contributed by atoms with Crippen LogP contribution in [0.25, 0.3) is 0 Å². The number of hydrogen-bond acceptors (Lipinski definition) is 7. The molecule has 3 aliphatic rings. The molecule has 4 heterocycles. The van der Waals surface area contributed by atoms with E-state index in [-0.39, 0.29) is 37.8 Å². The summed E-state index contributed by atoms with van der Waals surface area (Å²) in [5.41, 5.74) is 6.84. The van der Waals surface area contributed by atoms with Gasteiger partial charge >= 0.3 is 0 Å². The first-order valence-electron chi connectivity index (χ1n) is 11.1. The van der Waals surface area contributed by atoms with Gasteiger partial charge in [-0.2, -0.15) is 4.98 Å². The maximum absolute atomic E-state index is 13.5. The summed E-state index contributed by atoms with van der Waals surface area (Å²) in [7, 11) is 0. The summed E-state index contributed by atoms with van der Waals surface area (Å²) in [6.45, 7) is 2.12. The molecule has 170 valence electrons. The van der Waals surface area contributed by atoms with Gasteiger partial charge < -0.3 is 15.5 Å². The van der Waals surface area contributed by atoms with Crippen LogP contribution in [-0.4, -0.2) is 53.0 Å². The molecule has 2 saturated heterocycles. The summed E-state index contributed by atoms with van der Waals surface area (Å²) in [6.07, 6.45) is 5.88. The number of carbonyl (C=O) groups excluding carboxylic acids is 1. The fourth-order valence-electron chi connectivity index (χ4n) is 4.57. The van der Waals surface area contributed by atoms with Crippen LogP contribution in [0.1, 0.15) is 48.9 Å². The van der Waals surface area contributed by atoms with Crippen molar-refractivity contribution in [3.63, 3.8) is 0 Å². The number of anilines is 4. The van der Waals surface area contributed by atoms with E-state index in [9.17, 15) is 13.6 Å². The first-order chi connectivity index (χ1) is 15.3. The highest BCUT2D eigenvalue weighted by Crippen LogP contribution is 2.54. The maximum Gasteiger partial charge on any atom is 0.261 e. The van der Waals surface area contributed by atoms with Crippen LogP contribution in [0.5, 0.6) is 0 Å².